The minimum absolute atomic E-state index is 0.133. The molecule has 0 amide bonds. The lowest BCUT2D eigenvalue weighted by Gasteiger charge is -2.19. The summed E-state index contributed by atoms with van der Waals surface area (Å²) in [4.78, 5) is 0. The zero-order valence-corrected chi connectivity index (χ0v) is 10.8. The van der Waals surface area contributed by atoms with Crippen LogP contribution in [0.4, 0.5) is 0 Å². The third-order valence-electron chi connectivity index (χ3n) is 2.82. The molecule has 0 aliphatic carbocycles. The second kappa shape index (κ2) is 6.54. The summed E-state index contributed by atoms with van der Waals surface area (Å²) >= 11 is 0. The Balaban J connectivity index is 2.11. The maximum Gasteiger partial charge on any atom is 0.211 e. The molecule has 5 nitrogen and oxygen atoms in total. The van der Waals surface area contributed by atoms with E-state index in [9.17, 15) is 8.42 Å². The summed E-state index contributed by atoms with van der Waals surface area (Å²) in [7, 11) is -3.06. The van der Waals surface area contributed by atoms with Crippen molar-refractivity contribution in [2.75, 3.05) is 25.4 Å². The van der Waals surface area contributed by atoms with Gasteiger partial charge in [-0.1, -0.05) is 0 Å². The van der Waals surface area contributed by atoms with Crippen molar-refractivity contribution in [2.45, 2.75) is 38.8 Å². The number of nitrogens with one attached hydrogen (secondary N) is 2. The third kappa shape index (κ3) is 4.78. The number of rotatable bonds is 7. The van der Waals surface area contributed by atoms with Crippen LogP contribution in [0.5, 0.6) is 0 Å². The van der Waals surface area contributed by atoms with Gasteiger partial charge in [0.1, 0.15) is 0 Å². The van der Waals surface area contributed by atoms with Gasteiger partial charge in [0.05, 0.1) is 11.9 Å². The zero-order valence-electron chi connectivity index (χ0n) is 10.0. The molecule has 1 fully saturated rings. The van der Waals surface area contributed by atoms with Crippen molar-refractivity contribution in [1.29, 1.82) is 0 Å². The molecule has 0 spiro atoms. The molecule has 0 aromatic rings. The van der Waals surface area contributed by atoms with Crippen molar-refractivity contribution in [3.63, 3.8) is 0 Å². The van der Waals surface area contributed by atoms with E-state index in [4.69, 9.17) is 4.74 Å². The van der Waals surface area contributed by atoms with Gasteiger partial charge in [-0.2, -0.15) is 0 Å². The van der Waals surface area contributed by atoms with Crippen LogP contribution in [0.25, 0.3) is 0 Å². The first-order valence-corrected chi connectivity index (χ1v) is 7.52. The van der Waals surface area contributed by atoms with E-state index in [1.54, 1.807) is 6.92 Å². The van der Waals surface area contributed by atoms with Crippen molar-refractivity contribution < 1.29 is 13.2 Å². The molecule has 2 N–H and O–H groups in total. The van der Waals surface area contributed by atoms with E-state index in [1.807, 2.05) is 0 Å². The molecule has 0 aromatic heterocycles. The molecule has 1 heterocycles. The minimum Gasteiger partial charge on any atom is -0.377 e. The molecule has 2 atom stereocenters. The van der Waals surface area contributed by atoms with Gasteiger partial charge in [-0.3, -0.25) is 0 Å². The van der Waals surface area contributed by atoms with E-state index >= 15 is 0 Å². The molecule has 0 saturated carbocycles. The van der Waals surface area contributed by atoms with E-state index in [0.717, 1.165) is 19.4 Å². The molecule has 1 rings (SSSR count). The topological polar surface area (TPSA) is 67.4 Å². The van der Waals surface area contributed by atoms with Crippen LogP contribution in [0, 0.1) is 0 Å². The molecule has 6 heteroatoms. The van der Waals surface area contributed by atoms with Crippen molar-refractivity contribution in [1.82, 2.24) is 10.0 Å². The van der Waals surface area contributed by atoms with Crippen LogP contribution in [0.1, 0.15) is 26.7 Å². The Morgan fingerprint density at radius 1 is 1.44 bits per heavy atom. The average molecular weight is 250 g/mol. The first-order chi connectivity index (χ1) is 7.55. The Morgan fingerprint density at radius 3 is 2.75 bits per heavy atom. The van der Waals surface area contributed by atoms with E-state index in [2.05, 4.69) is 17.0 Å². The molecular formula is C10H22N2O3S. The van der Waals surface area contributed by atoms with Crippen LogP contribution in [0.15, 0.2) is 0 Å². The molecule has 1 aliphatic rings. The zero-order chi connectivity index (χ0) is 12.0. The molecule has 0 bridgehead atoms. The van der Waals surface area contributed by atoms with Gasteiger partial charge >= 0.3 is 0 Å². The van der Waals surface area contributed by atoms with Gasteiger partial charge in [0.25, 0.3) is 0 Å². The maximum absolute atomic E-state index is 11.1. The van der Waals surface area contributed by atoms with E-state index in [-0.39, 0.29) is 17.9 Å². The number of hydrogen-bond donors (Lipinski definition) is 2. The highest BCUT2D eigenvalue weighted by Crippen LogP contribution is 2.14. The van der Waals surface area contributed by atoms with Crippen molar-refractivity contribution >= 4 is 10.0 Å². The molecule has 1 aliphatic heterocycles. The van der Waals surface area contributed by atoms with Gasteiger partial charge < -0.3 is 10.1 Å². The molecular weight excluding hydrogens is 228 g/mol. The molecule has 0 radical (unpaired) electrons. The second-order valence-electron chi connectivity index (χ2n) is 4.09. The lowest BCUT2D eigenvalue weighted by atomic mass is 10.1. The molecule has 0 aromatic carbocycles. The highest BCUT2D eigenvalue weighted by Gasteiger charge is 2.21. The standard InChI is InChI=1S/C10H22N2O3S/c1-3-16(13,14)12-7-6-11-9(2)10-5-4-8-15-10/h9-12H,3-8H2,1-2H3/t9-,10-/m1/s1. The van der Waals surface area contributed by atoms with Crippen molar-refractivity contribution in [3.8, 4) is 0 Å². The fourth-order valence-electron chi connectivity index (χ4n) is 1.74. The number of ether oxygens (including phenoxy) is 1. The minimum atomic E-state index is -3.06. The fraction of sp³-hybridized carbons (Fsp3) is 1.00. The Morgan fingerprint density at radius 2 is 2.19 bits per heavy atom. The van der Waals surface area contributed by atoms with Crippen LogP contribution in [0.3, 0.4) is 0 Å². The smallest absolute Gasteiger partial charge is 0.211 e. The summed E-state index contributed by atoms with van der Waals surface area (Å²) in [5, 5.41) is 3.27. The van der Waals surface area contributed by atoms with Crippen molar-refractivity contribution in [3.05, 3.63) is 0 Å². The Kier molecular flexibility index (Phi) is 5.68. The van der Waals surface area contributed by atoms with Gasteiger partial charge in [-0.15, -0.1) is 0 Å². The summed E-state index contributed by atoms with van der Waals surface area (Å²) in [6.07, 6.45) is 2.50. The summed E-state index contributed by atoms with van der Waals surface area (Å²) in [6, 6.07) is 0.286. The van der Waals surface area contributed by atoms with Crippen LogP contribution >= 0.6 is 0 Å². The monoisotopic (exact) mass is 250 g/mol. The van der Waals surface area contributed by atoms with Gasteiger partial charge in [0, 0.05) is 25.7 Å². The van der Waals surface area contributed by atoms with Gasteiger partial charge in [-0.25, -0.2) is 13.1 Å². The predicted octanol–water partition coefficient (Wildman–Crippen LogP) is 0.0828. The highest BCUT2D eigenvalue weighted by molar-refractivity contribution is 7.89. The van der Waals surface area contributed by atoms with Gasteiger partial charge in [-0.05, 0) is 26.7 Å². The molecule has 1 saturated heterocycles. The number of sulfonamides is 1. The summed E-state index contributed by atoms with van der Waals surface area (Å²) in [5.41, 5.74) is 0. The Bertz CT molecular complexity index is 286. The normalized spacial score (nSPS) is 23.5. The summed E-state index contributed by atoms with van der Waals surface area (Å²) in [6.45, 7) is 5.63. The van der Waals surface area contributed by atoms with E-state index in [0.29, 0.717) is 13.1 Å². The second-order valence-corrected chi connectivity index (χ2v) is 6.19. The summed E-state index contributed by atoms with van der Waals surface area (Å²) in [5.74, 6) is 0.133. The third-order valence-corrected chi connectivity index (χ3v) is 4.22. The highest BCUT2D eigenvalue weighted by atomic mass is 32.2. The predicted molar refractivity (Wildman–Crippen MR) is 63.9 cm³/mol. The van der Waals surface area contributed by atoms with Gasteiger partial charge in [0.2, 0.25) is 10.0 Å². The van der Waals surface area contributed by atoms with Crippen LogP contribution < -0.4 is 10.0 Å². The van der Waals surface area contributed by atoms with Crippen LogP contribution in [-0.4, -0.2) is 46.0 Å². The van der Waals surface area contributed by atoms with E-state index in [1.165, 1.54) is 0 Å². The fourth-order valence-corrected chi connectivity index (χ4v) is 2.35. The lowest BCUT2D eigenvalue weighted by molar-refractivity contribution is 0.0840. The van der Waals surface area contributed by atoms with Crippen molar-refractivity contribution in [2.24, 2.45) is 0 Å². The summed E-state index contributed by atoms with van der Waals surface area (Å²) < 4.78 is 30.3. The van der Waals surface area contributed by atoms with Gasteiger partial charge in [0.15, 0.2) is 0 Å². The largest absolute Gasteiger partial charge is 0.377 e. The number of hydrogen-bond acceptors (Lipinski definition) is 4. The molecule has 16 heavy (non-hydrogen) atoms. The maximum atomic E-state index is 11.1. The Hall–Kier alpha value is -0.170. The molecule has 0 unspecified atom stereocenters. The average Bonchev–Trinajstić information content (AvgIpc) is 2.77. The molecule has 96 valence electrons. The Labute approximate surface area is 98.0 Å². The first-order valence-electron chi connectivity index (χ1n) is 5.87. The van der Waals surface area contributed by atoms with Crippen LogP contribution in [-0.2, 0) is 14.8 Å². The quantitative estimate of drug-likeness (QED) is 0.628. The SMILES string of the molecule is CCS(=O)(=O)NCCN[C@H](C)[C@H]1CCCO1. The van der Waals surface area contributed by atoms with Crippen LogP contribution in [0.2, 0.25) is 0 Å². The lowest BCUT2D eigenvalue weighted by Crippen LogP contribution is -2.41. The van der Waals surface area contributed by atoms with E-state index < -0.39 is 10.0 Å². The first kappa shape index (κ1) is 13.9.